The largest absolute Gasteiger partial charge is 0.661 e. The van der Waals surface area contributed by atoms with Crippen LogP contribution in [-0.4, -0.2) is 75.8 Å². The molecule has 1 aromatic rings. The normalized spacial score (nSPS) is 26.3. The number of hydrogen-bond acceptors (Lipinski definition) is 8. The Morgan fingerprint density at radius 3 is 2.23 bits per heavy atom. The van der Waals surface area contributed by atoms with Gasteiger partial charge in [-0.3, -0.25) is 10.1 Å². The molecule has 3 rings (SSSR count). The number of nitrogens with one attached hydrogen (secondary N) is 2. The van der Waals surface area contributed by atoms with E-state index in [9.17, 15) is 30.0 Å². The van der Waals surface area contributed by atoms with Crippen molar-refractivity contribution in [1.29, 1.82) is 0 Å². The molecule has 1 saturated carbocycles. The van der Waals surface area contributed by atoms with Gasteiger partial charge in [-0.2, -0.15) is 17.4 Å². The molecule has 1 aromatic carbocycles. The van der Waals surface area contributed by atoms with Crippen LogP contribution in [0.15, 0.2) is 23.8 Å². The maximum absolute atomic E-state index is 12.8. The Kier molecular flexibility index (Phi) is 16.2. The van der Waals surface area contributed by atoms with Crippen LogP contribution in [0.4, 0.5) is 10.5 Å². The van der Waals surface area contributed by atoms with Gasteiger partial charge in [0.15, 0.2) is 0 Å². The molecule has 0 unspecified atom stereocenters. The number of aliphatic hydroxyl groups is 3. The van der Waals surface area contributed by atoms with E-state index in [-0.39, 0.29) is 112 Å². The first-order valence-corrected chi connectivity index (χ1v) is 11.9. The maximum atomic E-state index is 12.8. The number of anilines is 1. The summed E-state index contributed by atoms with van der Waals surface area (Å²) in [7, 11) is 0. The zero-order valence-electron chi connectivity index (χ0n) is 23.1. The van der Waals surface area contributed by atoms with Gasteiger partial charge in [-0.15, -0.1) is 0 Å². The van der Waals surface area contributed by atoms with Crippen molar-refractivity contribution in [3.63, 3.8) is 0 Å². The van der Waals surface area contributed by atoms with Crippen molar-refractivity contribution in [3.8, 4) is 5.75 Å². The molecule has 0 aromatic heterocycles. The first-order chi connectivity index (χ1) is 17.1. The van der Waals surface area contributed by atoms with Crippen LogP contribution >= 0.6 is 0 Å². The van der Waals surface area contributed by atoms with Crippen LogP contribution < -0.4 is 15.4 Å². The monoisotopic (exact) mass is 898 g/mol. The minimum atomic E-state index is -1.47. The van der Waals surface area contributed by atoms with E-state index in [1.807, 2.05) is 27.7 Å². The second-order valence-corrected chi connectivity index (χ2v) is 10.7. The number of fused-ring (bicyclic) bond motifs is 1. The third-order valence-corrected chi connectivity index (χ3v) is 7.11. The fraction of sp³-hybridized carbons (Fsp3) is 0.538. The standard InChI is InChI=1S/C26H36N2O9.U.V.Y/c1-13(23(32)28-17-18(29)20(31)22-21(19(17)30)36-12-37-22)9-14-7-8-16(15(10-14)27-24(33)34)35-11-26(5,6)25(2,3)4;;;/h7-11,17-22,27,29-31H,2,12H2,1,3-6H3,(H,28,32)(H,33,34);;;/q-2;;;/b13-9+;;;/t17-,18+,19-,20-,21+,22-;;;/m1.../s1. The summed E-state index contributed by atoms with van der Waals surface area (Å²) in [6.07, 6.45) is -5.67. The molecule has 2 aliphatic rings. The molecule has 218 valence electrons. The van der Waals surface area contributed by atoms with E-state index >= 15 is 0 Å². The minimum Gasteiger partial charge on any atom is -0.661 e. The summed E-state index contributed by atoms with van der Waals surface area (Å²) in [6.45, 7) is 15.0. The summed E-state index contributed by atoms with van der Waals surface area (Å²) < 4.78 is 16.3. The topological polar surface area (TPSA) is 167 Å². The number of carbonyl (C=O) groups is 2. The summed E-state index contributed by atoms with van der Waals surface area (Å²) in [5.74, 6) is -0.330. The average molecular weight is 898 g/mol. The van der Waals surface area contributed by atoms with Crippen LogP contribution in [0.1, 0.15) is 40.2 Å². The summed E-state index contributed by atoms with van der Waals surface area (Å²) in [4.78, 5) is 24.2. The maximum Gasteiger partial charge on any atom is 0.409 e. The van der Waals surface area contributed by atoms with Crippen LogP contribution in [0.2, 0.25) is 0 Å². The van der Waals surface area contributed by atoms with E-state index in [0.717, 1.165) is 0 Å². The summed E-state index contributed by atoms with van der Waals surface area (Å²) in [5.41, 5.74) is 0.0968. The average Bonchev–Trinajstić information content (AvgIpc) is 3.29. The molecule has 2 radical (unpaired) electrons. The Labute approximate surface area is 295 Å². The number of carbonyl (C=O) groups excluding carboxylic acids is 1. The van der Waals surface area contributed by atoms with E-state index in [1.54, 1.807) is 18.7 Å². The number of benzene rings is 1. The van der Waals surface area contributed by atoms with Crippen molar-refractivity contribution < 1.29 is 127 Å². The molecule has 14 heteroatoms. The van der Waals surface area contributed by atoms with Crippen LogP contribution in [0.3, 0.4) is 0 Å². The molecule has 6 N–H and O–H groups in total. The Morgan fingerprint density at radius 2 is 1.68 bits per heavy atom. The quantitative estimate of drug-likeness (QED) is 0.169. The molecule has 6 atom stereocenters. The van der Waals surface area contributed by atoms with Gasteiger partial charge in [0, 0.05) is 88.0 Å². The van der Waals surface area contributed by atoms with Gasteiger partial charge in [0.05, 0.1) is 11.7 Å². The van der Waals surface area contributed by atoms with Crippen molar-refractivity contribution in [2.24, 2.45) is 10.8 Å². The minimum absolute atomic E-state index is 0. The van der Waals surface area contributed by atoms with Crippen molar-refractivity contribution in [3.05, 3.63) is 42.9 Å². The van der Waals surface area contributed by atoms with Crippen LogP contribution in [0, 0.1) is 55.5 Å². The molecule has 0 spiro atoms. The molecule has 2 fully saturated rings. The van der Waals surface area contributed by atoms with Gasteiger partial charge in [-0.1, -0.05) is 33.8 Å². The van der Waals surface area contributed by atoms with E-state index < -0.39 is 54.0 Å². The Hall–Kier alpha value is 0.0403. The molecule has 40 heavy (non-hydrogen) atoms. The summed E-state index contributed by atoms with van der Waals surface area (Å²) in [6, 6.07) is 3.55. The predicted molar refractivity (Wildman–Crippen MR) is 134 cm³/mol. The number of carboxylic acid groups (broad SMARTS) is 1. The molecule has 2 amide bonds. The zero-order valence-corrected chi connectivity index (χ0v) is 31.5. The van der Waals surface area contributed by atoms with Gasteiger partial charge in [0.1, 0.15) is 43.1 Å². The zero-order chi connectivity index (χ0) is 27.7. The van der Waals surface area contributed by atoms with Crippen molar-refractivity contribution in [1.82, 2.24) is 5.32 Å². The molecule has 0 bridgehead atoms. The Bertz CT molecular complexity index is 1050. The SMILES string of the molecule is [CH2-]C(C)(C)C(C)(C)[CH-]Oc1ccc(/C=C(\C)C(=O)N[C@@H]2[C@H](O)[C@@H](O)[C@H]3OCO[C@H]3[C@@H]2O)cc1NC(=O)O.[U].[V].[Y]. The predicted octanol–water partition coefficient (Wildman–Crippen LogP) is 1.92. The first kappa shape index (κ1) is 40.0. The third-order valence-electron chi connectivity index (χ3n) is 7.11. The Morgan fingerprint density at radius 1 is 1.10 bits per heavy atom. The first-order valence-electron chi connectivity index (χ1n) is 11.9. The second kappa shape index (κ2) is 16.2. The van der Waals surface area contributed by atoms with Gasteiger partial charge < -0.3 is 46.9 Å². The van der Waals surface area contributed by atoms with Crippen molar-refractivity contribution >= 4 is 23.8 Å². The summed E-state index contributed by atoms with van der Waals surface area (Å²) in [5, 5.41) is 45.4. The number of aliphatic hydroxyl groups excluding tert-OH is 3. The van der Waals surface area contributed by atoms with E-state index in [1.165, 1.54) is 19.1 Å². The van der Waals surface area contributed by atoms with Crippen molar-refractivity contribution in [2.75, 3.05) is 12.1 Å². The fourth-order valence-electron chi connectivity index (χ4n) is 3.86. The van der Waals surface area contributed by atoms with Gasteiger partial charge >= 0.3 is 6.09 Å². The molecular formula is C26H36N2O9UVY-2. The van der Waals surface area contributed by atoms with Crippen molar-refractivity contribution in [2.45, 2.75) is 71.2 Å². The molecule has 1 heterocycles. The van der Waals surface area contributed by atoms with Crippen LogP contribution in [0.5, 0.6) is 5.75 Å². The summed E-state index contributed by atoms with van der Waals surface area (Å²) >= 11 is 0. The second-order valence-electron chi connectivity index (χ2n) is 10.7. The molecule has 1 aliphatic heterocycles. The number of amides is 2. The third kappa shape index (κ3) is 9.52. The van der Waals surface area contributed by atoms with Gasteiger partial charge in [-0.05, 0) is 30.7 Å². The van der Waals surface area contributed by atoms with Crippen LogP contribution in [-0.2, 0) is 65.5 Å². The van der Waals surface area contributed by atoms with E-state index in [0.29, 0.717) is 5.56 Å². The van der Waals surface area contributed by atoms with Gasteiger partial charge in [0.2, 0.25) is 5.91 Å². The molecule has 1 aliphatic carbocycles. The number of ether oxygens (including phenoxy) is 3. The Balaban J connectivity index is 0.00000507. The number of rotatable bonds is 8. The molecule has 1 saturated heterocycles. The smallest absolute Gasteiger partial charge is 0.409 e. The van der Waals surface area contributed by atoms with Crippen LogP contribution in [0.25, 0.3) is 6.08 Å². The molecule has 11 nitrogen and oxygen atoms in total. The molecular weight excluding hydrogens is 862 g/mol. The van der Waals surface area contributed by atoms with E-state index in [2.05, 4.69) is 17.6 Å². The number of hydrogen-bond donors (Lipinski definition) is 6. The van der Waals surface area contributed by atoms with Gasteiger partial charge in [-0.25, -0.2) is 4.79 Å². The fourth-order valence-corrected chi connectivity index (χ4v) is 3.86. The van der Waals surface area contributed by atoms with Gasteiger partial charge in [0.25, 0.3) is 0 Å². The van der Waals surface area contributed by atoms with E-state index in [4.69, 9.17) is 14.2 Å².